The summed E-state index contributed by atoms with van der Waals surface area (Å²) in [5.41, 5.74) is 4.35. The van der Waals surface area contributed by atoms with Crippen LogP contribution >= 0.6 is 0 Å². The van der Waals surface area contributed by atoms with Crippen molar-refractivity contribution in [3.63, 3.8) is 0 Å². The molecular formula is C12H18N2. The van der Waals surface area contributed by atoms with Gasteiger partial charge in [0.05, 0.1) is 0 Å². The van der Waals surface area contributed by atoms with Crippen molar-refractivity contribution in [1.29, 1.82) is 0 Å². The van der Waals surface area contributed by atoms with Gasteiger partial charge in [-0.1, -0.05) is 19.1 Å². The highest BCUT2D eigenvalue weighted by atomic mass is 15.1. The third-order valence-electron chi connectivity index (χ3n) is 2.91. The maximum atomic E-state index is 3.44. The van der Waals surface area contributed by atoms with Crippen LogP contribution in [0.2, 0.25) is 0 Å². The molecule has 0 radical (unpaired) electrons. The minimum absolute atomic E-state index is 0.623. The van der Waals surface area contributed by atoms with Crippen LogP contribution in [0.1, 0.15) is 24.0 Å². The molecule has 1 unspecified atom stereocenters. The molecule has 1 aliphatic rings. The van der Waals surface area contributed by atoms with Gasteiger partial charge in [-0.05, 0) is 23.1 Å². The molecule has 1 aromatic rings. The van der Waals surface area contributed by atoms with Crippen LogP contribution in [-0.4, -0.2) is 20.6 Å². The summed E-state index contributed by atoms with van der Waals surface area (Å²) in [6, 6.07) is 6.58. The first-order valence-corrected chi connectivity index (χ1v) is 5.20. The predicted octanol–water partition coefficient (Wildman–Crippen LogP) is 1.96. The third-order valence-corrected chi connectivity index (χ3v) is 2.91. The summed E-state index contributed by atoms with van der Waals surface area (Å²) in [6.45, 7) is 4.40. The van der Waals surface area contributed by atoms with Gasteiger partial charge in [-0.15, -0.1) is 0 Å². The second-order valence-electron chi connectivity index (χ2n) is 4.28. The largest absolute Gasteiger partial charge is 0.377 e. The topological polar surface area (TPSA) is 15.3 Å². The quantitative estimate of drug-likeness (QED) is 0.728. The smallest absolute Gasteiger partial charge is 0.0400 e. The van der Waals surface area contributed by atoms with E-state index in [1.54, 1.807) is 0 Å². The summed E-state index contributed by atoms with van der Waals surface area (Å²) in [5, 5.41) is 3.44. The van der Waals surface area contributed by atoms with Crippen molar-refractivity contribution in [3.8, 4) is 0 Å². The highest BCUT2D eigenvalue weighted by molar-refractivity contribution is 5.58. The van der Waals surface area contributed by atoms with Gasteiger partial charge in [-0.2, -0.15) is 0 Å². The summed E-state index contributed by atoms with van der Waals surface area (Å²) < 4.78 is 0. The first kappa shape index (κ1) is 9.53. The number of fused-ring (bicyclic) bond motifs is 1. The van der Waals surface area contributed by atoms with E-state index in [0.717, 1.165) is 13.1 Å². The summed E-state index contributed by atoms with van der Waals surface area (Å²) in [7, 11) is 4.23. The second-order valence-corrected chi connectivity index (χ2v) is 4.28. The van der Waals surface area contributed by atoms with E-state index in [-0.39, 0.29) is 0 Å². The Morgan fingerprint density at radius 1 is 1.36 bits per heavy atom. The molecule has 1 heterocycles. The van der Waals surface area contributed by atoms with Gasteiger partial charge in [0.2, 0.25) is 0 Å². The molecule has 2 heteroatoms. The van der Waals surface area contributed by atoms with Crippen LogP contribution in [0.25, 0.3) is 0 Å². The molecule has 14 heavy (non-hydrogen) atoms. The van der Waals surface area contributed by atoms with Crippen molar-refractivity contribution in [2.45, 2.75) is 19.4 Å². The van der Waals surface area contributed by atoms with Crippen LogP contribution in [0.5, 0.6) is 0 Å². The molecule has 1 aliphatic heterocycles. The summed E-state index contributed by atoms with van der Waals surface area (Å²) in [4.78, 5) is 2.21. The van der Waals surface area contributed by atoms with E-state index in [1.165, 1.54) is 16.8 Å². The van der Waals surface area contributed by atoms with E-state index in [9.17, 15) is 0 Å². The molecule has 0 bridgehead atoms. The van der Waals surface area contributed by atoms with Crippen molar-refractivity contribution in [2.24, 2.45) is 0 Å². The van der Waals surface area contributed by atoms with Gasteiger partial charge >= 0.3 is 0 Å². The Kier molecular flexibility index (Phi) is 2.46. The Bertz CT molecular complexity index is 331. The Hall–Kier alpha value is -1.02. The zero-order chi connectivity index (χ0) is 10.1. The number of hydrogen-bond acceptors (Lipinski definition) is 2. The van der Waals surface area contributed by atoms with E-state index in [2.05, 4.69) is 49.4 Å². The first-order chi connectivity index (χ1) is 6.70. The van der Waals surface area contributed by atoms with E-state index >= 15 is 0 Å². The van der Waals surface area contributed by atoms with Gasteiger partial charge in [0.1, 0.15) is 0 Å². The average Bonchev–Trinajstić information content (AvgIpc) is 2.17. The van der Waals surface area contributed by atoms with Crippen molar-refractivity contribution >= 4 is 5.69 Å². The Morgan fingerprint density at radius 2 is 2.14 bits per heavy atom. The molecule has 0 aliphatic carbocycles. The summed E-state index contributed by atoms with van der Waals surface area (Å²) in [6.07, 6.45) is 0. The Labute approximate surface area is 85.9 Å². The normalized spacial score (nSPS) is 20.4. The van der Waals surface area contributed by atoms with Crippen molar-refractivity contribution in [1.82, 2.24) is 5.32 Å². The van der Waals surface area contributed by atoms with Gasteiger partial charge in [0, 0.05) is 32.9 Å². The number of rotatable bonds is 1. The molecule has 1 N–H and O–H groups in total. The molecule has 0 fully saturated rings. The van der Waals surface area contributed by atoms with E-state index < -0.39 is 0 Å². The van der Waals surface area contributed by atoms with Gasteiger partial charge in [0.25, 0.3) is 0 Å². The summed E-state index contributed by atoms with van der Waals surface area (Å²) >= 11 is 0. The maximum absolute atomic E-state index is 3.44. The van der Waals surface area contributed by atoms with Crippen LogP contribution in [-0.2, 0) is 6.54 Å². The van der Waals surface area contributed by atoms with Crippen LogP contribution in [0.4, 0.5) is 5.69 Å². The average molecular weight is 190 g/mol. The molecular weight excluding hydrogens is 172 g/mol. The van der Waals surface area contributed by atoms with Crippen molar-refractivity contribution in [2.75, 3.05) is 25.5 Å². The minimum atomic E-state index is 0.623. The molecule has 0 saturated carbocycles. The SMILES string of the molecule is CC1CNCc2cccc(N(C)C)c21. The molecule has 1 atom stereocenters. The number of nitrogens with zero attached hydrogens (tertiary/aromatic N) is 1. The fraction of sp³-hybridized carbons (Fsp3) is 0.500. The zero-order valence-corrected chi connectivity index (χ0v) is 9.17. The van der Waals surface area contributed by atoms with E-state index in [4.69, 9.17) is 0 Å². The van der Waals surface area contributed by atoms with E-state index in [0.29, 0.717) is 5.92 Å². The molecule has 0 saturated heterocycles. The lowest BCUT2D eigenvalue weighted by Crippen LogP contribution is -2.28. The predicted molar refractivity (Wildman–Crippen MR) is 60.9 cm³/mol. The third kappa shape index (κ3) is 1.50. The Balaban J connectivity index is 2.52. The molecule has 1 aromatic carbocycles. The lowest BCUT2D eigenvalue weighted by atomic mass is 9.90. The van der Waals surface area contributed by atoms with Crippen LogP contribution in [0.3, 0.4) is 0 Å². The minimum Gasteiger partial charge on any atom is -0.377 e. The molecule has 2 rings (SSSR count). The fourth-order valence-electron chi connectivity index (χ4n) is 2.24. The first-order valence-electron chi connectivity index (χ1n) is 5.20. The second kappa shape index (κ2) is 3.62. The summed E-state index contributed by atoms with van der Waals surface area (Å²) in [5.74, 6) is 0.623. The zero-order valence-electron chi connectivity index (χ0n) is 9.17. The maximum Gasteiger partial charge on any atom is 0.0400 e. The van der Waals surface area contributed by atoms with Crippen LogP contribution in [0.15, 0.2) is 18.2 Å². The standard InChI is InChI=1S/C12H18N2/c1-9-7-13-8-10-5-4-6-11(12(9)10)14(2)3/h4-6,9,13H,7-8H2,1-3H3. The molecule has 0 aromatic heterocycles. The lowest BCUT2D eigenvalue weighted by molar-refractivity contribution is 0.571. The van der Waals surface area contributed by atoms with Gasteiger partial charge in [-0.25, -0.2) is 0 Å². The molecule has 2 nitrogen and oxygen atoms in total. The number of benzene rings is 1. The van der Waals surface area contributed by atoms with E-state index in [1.807, 2.05) is 0 Å². The molecule has 0 spiro atoms. The number of hydrogen-bond donors (Lipinski definition) is 1. The monoisotopic (exact) mass is 190 g/mol. The van der Waals surface area contributed by atoms with Crippen LogP contribution < -0.4 is 10.2 Å². The number of anilines is 1. The lowest BCUT2D eigenvalue weighted by Gasteiger charge is -2.28. The highest BCUT2D eigenvalue weighted by Gasteiger charge is 2.19. The van der Waals surface area contributed by atoms with Gasteiger partial charge in [-0.3, -0.25) is 0 Å². The van der Waals surface area contributed by atoms with Crippen LogP contribution in [0, 0.1) is 0 Å². The number of nitrogens with one attached hydrogen (secondary N) is 1. The fourth-order valence-corrected chi connectivity index (χ4v) is 2.24. The van der Waals surface area contributed by atoms with Gasteiger partial charge in [0.15, 0.2) is 0 Å². The van der Waals surface area contributed by atoms with Gasteiger partial charge < -0.3 is 10.2 Å². The molecule has 76 valence electrons. The Morgan fingerprint density at radius 3 is 2.86 bits per heavy atom. The van der Waals surface area contributed by atoms with Crippen molar-refractivity contribution < 1.29 is 0 Å². The van der Waals surface area contributed by atoms with Crippen molar-refractivity contribution in [3.05, 3.63) is 29.3 Å². The molecule has 0 amide bonds. The highest BCUT2D eigenvalue weighted by Crippen LogP contribution is 2.31.